The number of pyridine rings is 1. The highest BCUT2D eigenvalue weighted by Crippen LogP contribution is 2.29. The van der Waals surface area contributed by atoms with Crippen LogP contribution in [0.25, 0.3) is 5.57 Å². The van der Waals surface area contributed by atoms with Crippen molar-refractivity contribution in [3.05, 3.63) is 88.9 Å². The summed E-state index contributed by atoms with van der Waals surface area (Å²) < 4.78 is 20.6. The lowest BCUT2D eigenvalue weighted by atomic mass is 9.97. The van der Waals surface area contributed by atoms with E-state index >= 15 is 0 Å². The van der Waals surface area contributed by atoms with Crippen molar-refractivity contribution in [2.75, 3.05) is 56.9 Å². The predicted octanol–water partition coefficient (Wildman–Crippen LogP) is 4.57. The highest BCUT2D eigenvalue weighted by Gasteiger charge is 2.33. The Morgan fingerprint density at radius 2 is 1.94 bits per heavy atom. The van der Waals surface area contributed by atoms with E-state index in [0.29, 0.717) is 85.1 Å². The number of rotatable bonds is 12. The van der Waals surface area contributed by atoms with Gasteiger partial charge in [0.2, 0.25) is 17.7 Å². The van der Waals surface area contributed by atoms with Crippen molar-refractivity contribution in [1.29, 1.82) is 10.8 Å². The third-order valence-corrected chi connectivity index (χ3v) is 9.04. The number of benzene rings is 2. The minimum absolute atomic E-state index is 0.0157. The molecule has 0 saturated carbocycles. The van der Waals surface area contributed by atoms with Crippen LogP contribution in [0.1, 0.15) is 55.9 Å². The lowest BCUT2D eigenvalue weighted by Gasteiger charge is -2.29. The summed E-state index contributed by atoms with van der Waals surface area (Å²) in [4.78, 5) is 40.8. The first kappa shape index (κ1) is 36.8. The van der Waals surface area contributed by atoms with E-state index in [0.717, 1.165) is 5.57 Å². The van der Waals surface area contributed by atoms with Crippen LogP contribution in [0.15, 0.2) is 65.8 Å². The van der Waals surface area contributed by atoms with E-state index in [9.17, 15) is 14.0 Å². The molecule has 2 aliphatic rings. The Balaban J connectivity index is 1.17. The van der Waals surface area contributed by atoms with Crippen LogP contribution in [0.2, 0.25) is 0 Å². The highest BCUT2D eigenvalue weighted by molar-refractivity contribution is 6.14. The number of halogens is 1. The molecular weight excluding hydrogens is 649 g/mol. The summed E-state index contributed by atoms with van der Waals surface area (Å²) in [7, 11) is 1.67. The molecule has 3 heterocycles. The van der Waals surface area contributed by atoms with E-state index in [4.69, 9.17) is 21.3 Å². The minimum Gasteiger partial charge on any atom is -0.475 e. The molecule has 2 amide bonds. The molecule has 0 spiro atoms. The molecule has 0 bridgehead atoms. The van der Waals surface area contributed by atoms with Crippen LogP contribution in [-0.2, 0) is 9.59 Å². The number of hydrogen-bond donors (Lipinski definition) is 4. The normalized spacial score (nSPS) is 16.3. The Hall–Kier alpha value is -5.43. The average molecular weight is 696 g/mol. The van der Waals surface area contributed by atoms with Crippen molar-refractivity contribution in [1.82, 2.24) is 20.1 Å². The van der Waals surface area contributed by atoms with Gasteiger partial charge in [0.1, 0.15) is 5.82 Å². The maximum absolute atomic E-state index is 15.0. The van der Waals surface area contributed by atoms with Crippen molar-refractivity contribution in [2.24, 2.45) is 10.9 Å². The van der Waals surface area contributed by atoms with Gasteiger partial charge < -0.3 is 25.6 Å². The maximum atomic E-state index is 15.0. The first-order valence-electron chi connectivity index (χ1n) is 17.2. The molecule has 5 rings (SSSR count). The molecule has 1 saturated heterocycles. The highest BCUT2D eigenvalue weighted by atomic mass is 19.1. The van der Waals surface area contributed by atoms with Crippen LogP contribution in [0.5, 0.6) is 5.88 Å². The summed E-state index contributed by atoms with van der Waals surface area (Å²) in [5.74, 6) is -0.330. The molecule has 0 aliphatic carbocycles. The molecule has 0 radical (unpaired) electrons. The van der Waals surface area contributed by atoms with Gasteiger partial charge in [-0.25, -0.2) is 14.4 Å². The molecule has 1 aromatic heterocycles. The number of aromatic nitrogens is 1. The molecule has 2 aromatic carbocycles. The van der Waals surface area contributed by atoms with Gasteiger partial charge in [-0.3, -0.25) is 25.3 Å². The van der Waals surface area contributed by atoms with Crippen molar-refractivity contribution in [3.63, 3.8) is 0 Å². The van der Waals surface area contributed by atoms with Gasteiger partial charge in [-0.2, -0.15) is 0 Å². The molecular formula is C38H46FN9O3. The summed E-state index contributed by atoms with van der Waals surface area (Å²) in [5, 5.41) is 19.5. The molecule has 51 heavy (non-hydrogen) atoms. The number of carbonyl (C=O) groups excluding carboxylic acids is 2. The summed E-state index contributed by atoms with van der Waals surface area (Å²) >= 11 is 0. The number of amidine groups is 1. The van der Waals surface area contributed by atoms with Crippen LogP contribution < -0.4 is 20.7 Å². The second-order valence-corrected chi connectivity index (χ2v) is 12.9. The molecule has 2 aliphatic heterocycles. The zero-order valence-electron chi connectivity index (χ0n) is 29.6. The molecule has 1 atom stereocenters. The molecule has 3 aromatic rings. The van der Waals surface area contributed by atoms with E-state index in [2.05, 4.69) is 15.3 Å². The van der Waals surface area contributed by atoms with E-state index in [1.807, 2.05) is 31.7 Å². The fourth-order valence-electron chi connectivity index (χ4n) is 6.35. The zero-order chi connectivity index (χ0) is 36.7. The third kappa shape index (κ3) is 8.84. The first-order valence-corrected chi connectivity index (χ1v) is 17.2. The van der Waals surface area contributed by atoms with Gasteiger partial charge in [-0.1, -0.05) is 18.2 Å². The number of nitrogen functional groups attached to an aromatic ring is 1. The Morgan fingerprint density at radius 1 is 1.16 bits per heavy atom. The Labute approximate surface area is 298 Å². The smallest absolute Gasteiger partial charge is 0.237 e. The number of nitrogens with zero attached hydrogens (tertiary/aromatic N) is 5. The predicted molar refractivity (Wildman–Crippen MR) is 199 cm³/mol. The average Bonchev–Trinajstić information content (AvgIpc) is 3.59. The number of nitrogens with two attached hydrogens (primary N) is 1. The van der Waals surface area contributed by atoms with Crippen molar-refractivity contribution >= 4 is 46.6 Å². The maximum Gasteiger partial charge on any atom is 0.237 e. The molecule has 268 valence electrons. The van der Waals surface area contributed by atoms with E-state index in [-0.39, 0.29) is 41.9 Å². The molecule has 12 nitrogen and oxygen atoms in total. The number of amides is 2. The number of nitrogens with one attached hydrogen (secondary N) is 3. The Kier molecular flexibility index (Phi) is 11.9. The Morgan fingerprint density at radius 3 is 2.59 bits per heavy atom. The van der Waals surface area contributed by atoms with Gasteiger partial charge in [-0.05, 0) is 76.1 Å². The van der Waals surface area contributed by atoms with Crippen molar-refractivity contribution in [3.8, 4) is 5.88 Å². The molecule has 5 N–H and O–H groups in total. The quantitative estimate of drug-likeness (QED) is 0.123. The topological polar surface area (TPSA) is 164 Å². The SMILES string of the molecule is CCN(C(=O)C1CCN(CC(=O)N2CC=C(c3ccc(C(=N)/N=C\NC)cc3F)CC2)C1)c1ccc(N)c(C(=N)c2ccc(OC(C)C)nc2)c1. The number of likely N-dealkylation sites (tertiary alicyclic amines) is 1. The van der Waals surface area contributed by atoms with E-state index in [1.165, 1.54) is 12.4 Å². The fourth-order valence-corrected chi connectivity index (χ4v) is 6.35. The van der Waals surface area contributed by atoms with Gasteiger partial charge in [0.05, 0.1) is 30.6 Å². The van der Waals surface area contributed by atoms with Gasteiger partial charge in [0, 0.05) is 79.1 Å². The third-order valence-electron chi connectivity index (χ3n) is 9.04. The molecule has 13 heteroatoms. The zero-order valence-corrected chi connectivity index (χ0v) is 29.6. The summed E-state index contributed by atoms with van der Waals surface area (Å²) in [6, 6.07) is 13.4. The summed E-state index contributed by atoms with van der Waals surface area (Å²) in [6.45, 7) is 8.32. The number of aliphatic imine (C=N–C) groups is 1. The summed E-state index contributed by atoms with van der Waals surface area (Å²) in [6.07, 6.45) is 5.97. The van der Waals surface area contributed by atoms with Crippen LogP contribution in [-0.4, -0.2) is 96.9 Å². The van der Waals surface area contributed by atoms with Gasteiger partial charge in [0.25, 0.3) is 0 Å². The van der Waals surface area contributed by atoms with Crippen LogP contribution in [0.4, 0.5) is 15.8 Å². The standard InChI is InChI=1S/C38H46FN9O3/c1-5-48(29-8-10-33(40)31(19-29)36(41)27-7-11-34(44-20-27)51-24(2)3)38(50)28-12-15-46(21-28)22-35(49)47-16-13-25(14-17-47)30-9-6-26(18-32(30)39)37(42)45-23-43-4/h6-11,13,18-20,23-24,28,41H,5,12,14-17,21-22,40H2,1-4H3,(H2,42,43,45). The number of anilines is 2. The fraction of sp³-hybridized carbons (Fsp3) is 0.368. The van der Waals surface area contributed by atoms with Crippen LogP contribution >= 0.6 is 0 Å². The monoisotopic (exact) mass is 695 g/mol. The lowest BCUT2D eigenvalue weighted by Crippen LogP contribution is -2.42. The largest absolute Gasteiger partial charge is 0.475 e. The van der Waals surface area contributed by atoms with E-state index < -0.39 is 5.82 Å². The molecule has 1 fully saturated rings. The number of hydrogen-bond acceptors (Lipinski definition) is 8. The van der Waals surface area contributed by atoms with Gasteiger partial charge in [0.15, 0.2) is 5.84 Å². The van der Waals surface area contributed by atoms with Crippen molar-refractivity contribution < 1.29 is 18.7 Å². The molecule has 1 unspecified atom stereocenters. The second kappa shape index (κ2) is 16.5. The first-order chi connectivity index (χ1) is 24.5. The number of ether oxygens (including phenoxy) is 1. The van der Waals surface area contributed by atoms with Gasteiger partial charge >= 0.3 is 0 Å². The second-order valence-electron chi connectivity index (χ2n) is 12.9. The van der Waals surface area contributed by atoms with E-state index in [1.54, 1.807) is 65.5 Å². The van der Waals surface area contributed by atoms with Crippen LogP contribution in [0.3, 0.4) is 0 Å². The Bertz CT molecular complexity index is 1840. The van der Waals surface area contributed by atoms with Crippen LogP contribution in [0, 0.1) is 22.6 Å². The van der Waals surface area contributed by atoms with Crippen molar-refractivity contribution in [2.45, 2.75) is 39.7 Å². The minimum atomic E-state index is -0.426. The lowest BCUT2D eigenvalue weighted by molar-refractivity contribution is -0.132. The van der Waals surface area contributed by atoms with Gasteiger partial charge in [-0.15, -0.1) is 0 Å². The number of carbonyl (C=O) groups is 2. The summed E-state index contributed by atoms with van der Waals surface area (Å²) in [5.41, 5.74) is 10.3.